The van der Waals surface area contributed by atoms with Crippen molar-refractivity contribution in [3.8, 4) is 22.6 Å². The summed E-state index contributed by atoms with van der Waals surface area (Å²) in [5, 5.41) is 24.2. The van der Waals surface area contributed by atoms with Gasteiger partial charge in [0.25, 0.3) is 11.6 Å². The van der Waals surface area contributed by atoms with E-state index in [0.29, 0.717) is 5.75 Å². The van der Waals surface area contributed by atoms with Crippen LogP contribution in [-0.2, 0) is 4.79 Å². The number of phenols is 1. The number of carbonyl (C=O) groups excluding carboxylic acids is 1. The topological polar surface area (TPSA) is 114 Å². The molecule has 29 heavy (non-hydrogen) atoms. The van der Waals surface area contributed by atoms with Gasteiger partial charge in [0.15, 0.2) is 6.61 Å². The standard InChI is InChI=1S/C21H17N3O5/c25-19-11-10-17(24(27)28)12-16(19)13-22-23-21(26)14-29-20-9-5-4-8-18(20)15-6-2-1-3-7-15/h1-13,25H,14H2,(H,23,26)/b22-13-. The maximum absolute atomic E-state index is 12.0. The molecule has 3 aromatic rings. The lowest BCUT2D eigenvalue weighted by atomic mass is 10.1. The molecule has 0 aromatic heterocycles. The van der Waals surface area contributed by atoms with Crippen LogP contribution in [0.4, 0.5) is 5.69 Å². The van der Waals surface area contributed by atoms with E-state index in [4.69, 9.17) is 4.74 Å². The van der Waals surface area contributed by atoms with Gasteiger partial charge in [-0.1, -0.05) is 48.5 Å². The molecule has 0 bridgehead atoms. The highest BCUT2D eigenvalue weighted by Gasteiger charge is 2.10. The number of para-hydroxylation sites is 1. The predicted molar refractivity (Wildman–Crippen MR) is 108 cm³/mol. The third-order valence-electron chi connectivity index (χ3n) is 3.95. The Kier molecular flexibility index (Phi) is 6.16. The van der Waals surface area contributed by atoms with Crippen LogP contribution in [-0.4, -0.2) is 28.8 Å². The van der Waals surface area contributed by atoms with Gasteiger partial charge in [-0.3, -0.25) is 14.9 Å². The summed E-state index contributed by atoms with van der Waals surface area (Å²) in [4.78, 5) is 22.2. The van der Waals surface area contributed by atoms with Crippen molar-refractivity contribution in [2.45, 2.75) is 0 Å². The molecule has 1 amide bonds. The quantitative estimate of drug-likeness (QED) is 0.363. The number of benzene rings is 3. The van der Waals surface area contributed by atoms with E-state index in [1.807, 2.05) is 48.5 Å². The molecule has 0 spiro atoms. The molecule has 0 atom stereocenters. The van der Waals surface area contributed by atoms with Crippen molar-refractivity contribution in [1.29, 1.82) is 0 Å². The molecule has 8 heteroatoms. The summed E-state index contributed by atoms with van der Waals surface area (Å²) in [5.41, 5.74) is 3.98. The van der Waals surface area contributed by atoms with E-state index in [1.54, 1.807) is 6.07 Å². The van der Waals surface area contributed by atoms with Crippen molar-refractivity contribution in [2.75, 3.05) is 6.61 Å². The first-order chi connectivity index (χ1) is 14.0. The number of nitro groups is 1. The molecule has 2 N–H and O–H groups in total. The Bertz CT molecular complexity index is 1050. The zero-order chi connectivity index (χ0) is 20.6. The Morgan fingerprint density at radius 3 is 2.59 bits per heavy atom. The normalized spacial score (nSPS) is 10.6. The second-order valence-electron chi connectivity index (χ2n) is 5.94. The molecule has 146 valence electrons. The van der Waals surface area contributed by atoms with Gasteiger partial charge in [0.1, 0.15) is 11.5 Å². The van der Waals surface area contributed by atoms with Crippen LogP contribution in [0.5, 0.6) is 11.5 Å². The van der Waals surface area contributed by atoms with Crippen LogP contribution in [0, 0.1) is 10.1 Å². The van der Waals surface area contributed by atoms with Gasteiger partial charge < -0.3 is 9.84 Å². The number of hydrazone groups is 1. The summed E-state index contributed by atoms with van der Waals surface area (Å²) in [6.45, 7) is -0.276. The summed E-state index contributed by atoms with van der Waals surface area (Å²) in [5.74, 6) is -0.162. The number of nitro benzene ring substituents is 1. The molecular weight excluding hydrogens is 374 g/mol. The van der Waals surface area contributed by atoms with Gasteiger partial charge in [-0.15, -0.1) is 0 Å². The molecule has 0 fully saturated rings. The molecule has 0 aliphatic rings. The first-order valence-corrected chi connectivity index (χ1v) is 8.61. The van der Waals surface area contributed by atoms with E-state index in [9.17, 15) is 20.0 Å². The van der Waals surface area contributed by atoms with Crippen molar-refractivity contribution in [2.24, 2.45) is 5.10 Å². The molecule has 0 unspecified atom stereocenters. The van der Waals surface area contributed by atoms with E-state index in [-0.39, 0.29) is 23.6 Å². The predicted octanol–water partition coefficient (Wildman–Crippen LogP) is 3.50. The van der Waals surface area contributed by atoms with Gasteiger partial charge in [0, 0.05) is 23.3 Å². The third-order valence-corrected chi connectivity index (χ3v) is 3.95. The van der Waals surface area contributed by atoms with E-state index in [1.165, 1.54) is 12.1 Å². The Balaban J connectivity index is 1.61. The van der Waals surface area contributed by atoms with Gasteiger partial charge in [-0.05, 0) is 17.7 Å². The van der Waals surface area contributed by atoms with Crippen molar-refractivity contribution in [3.63, 3.8) is 0 Å². The number of phenolic OH excluding ortho intramolecular Hbond substituents is 1. The van der Waals surface area contributed by atoms with Crippen LogP contribution < -0.4 is 10.2 Å². The number of aromatic hydroxyl groups is 1. The molecule has 0 radical (unpaired) electrons. The Morgan fingerprint density at radius 1 is 1.10 bits per heavy atom. The highest BCUT2D eigenvalue weighted by molar-refractivity contribution is 5.86. The average Bonchev–Trinajstić information content (AvgIpc) is 2.74. The molecule has 0 heterocycles. The number of nitrogens with one attached hydrogen (secondary N) is 1. The van der Waals surface area contributed by atoms with Crippen molar-refractivity contribution in [1.82, 2.24) is 5.43 Å². The van der Waals surface area contributed by atoms with Gasteiger partial charge in [-0.25, -0.2) is 5.43 Å². The summed E-state index contributed by atoms with van der Waals surface area (Å²) >= 11 is 0. The number of hydrogen-bond donors (Lipinski definition) is 2. The monoisotopic (exact) mass is 391 g/mol. The lowest BCUT2D eigenvalue weighted by Gasteiger charge is -2.10. The lowest BCUT2D eigenvalue weighted by Crippen LogP contribution is -2.24. The van der Waals surface area contributed by atoms with E-state index in [0.717, 1.165) is 23.4 Å². The maximum atomic E-state index is 12.0. The maximum Gasteiger partial charge on any atom is 0.277 e. The molecule has 0 saturated heterocycles. The largest absolute Gasteiger partial charge is 0.507 e. The summed E-state index contributed by atoms with van der Waals surface area (Å²) < 4.78 is 5.61. The first kappa shape index (κ1) is 19.6. The van der Waals surface area contributed by atoms with Crippen LogP contribution in [0.25, 0.3) is 11.1 Å². The Hall–Kier alpha value is -4.20. The lowest BCUT2D eigenvalue weighted by molar-refractivity contribution is -0.384. The second kappa shape index (κ2) is 9.14. The minimum atomic E-state index is -0.590. The molecule has 3 aromatic carbocycles. The number of non-ortho nitro benzene ring substituents is 1. The second-order valence-corrected chi connectivity index (χ2v) is 5.94. The molecule has 0 saturated carbocycles. The van der Waals surface area contributed by atoms with E-state index < -0.39 is 10.8 Å². The number of hydrogen-bond acceptors (Lipinski definition) is 6. The van der Waals surface area contributed by atoms with Crippen molar-refractivity contribution in [3.05, 3.63) is 88.5 Å². The zero-order valence-corrected chi connectivity index (χ0v) is 15.2. The van der Waals surface area contributed by atoms with Gasteiger partial charge in [0.2, 0.25) is 0 Å². The van der Waals surface area contributed by atoms with Crippen LogP contribution in [0.3, 0.4) is 0 Å². The first-order valence-electron chi connectivity index (χ1n) is 8.61. The fourth-order valence-corrected chi connectivity index (χ4v) is 2.56. The number of carbonyl (C=O) groups is 1. The fraction of sp³-hybridized carbons (Fsp3) is 0.0476. The van der Waals surface area contributed by atoms with Crippen LogP contribution in [0.15, 0.2) is 77.9 Å². The van der Waals surface area contributed by atoms with Crippen LogP contribution >= 0.6 is 0 Å². The van der Waals surface area contributed by atoms with Gasteiger partial charge in [-0.2, -0.15) is 5.10 Å². The zero-order valence-electron chi connectivity index (χ0n) is 15.2. The molecule has 0 aliphatic carbocycles. The fourth-order valence-electron chi connectivity index (χ4n) is 2.56. The van der Waals surface area contributed by atoms with E-state index in [2.05, 4.69) is 10.5 Å². The van der Waals surface area contributed by atoms with Crippen molar-refractivity contribution < 1.29 is 19.6 Å². The summed E-state index contributed by atoms with van der Waals surface area (Å²) in [6.07, 6.45) is 1.12. The van der Waals surface area contributed by atoms with Crippen molar-refractivity contribution >= 4 is 17.8 Å². The molecule has 8 nitrogen and oxygen atoms in total. The highest BCUT2D eigenvalue weighted by Crippen LogP contribution is 2.29. The van der Waals surface area contributed by atoms with E-state index >= 15 is 0 Å². The van der Waals surface area contributed by atoms with Crippen LogP contribution in [0.2, 0.25) is 0 Å². The number of amides is 1. The number of nitrogens with zero attached hydrogens (tertiary/aromatic N) is 2. The van der Waals surface area contributed by atoms with Gasteiger partial charge in [0.05, 0.1) is 11.1 Å². The van der Waals surface area contributed by atoms with Gasteiger partial charge >= 0.3 is 0 Å². The third kappa shape index (κ3) is 5.16. The smallest absolute Gasteiger partial charge is 0.277 e. The minimum Gasteiger partial charge on any atom is -0.507 e. The summed E-state index contributed by atoms with van der Waals surface area (Å²) in [6, 6.07) is 20.5. The SMILES string of the molecule is O=C(COc1ccccc1-c1ccccc1)N/N=C\c1cc([N+](=O)[O-])ccc1O. The Labute approximate surface area is 166 Å². The molecular formula is C21H17N3O5. The Morgan fingerprint density at radius 2 is 1.83 bits per heavy atom. The molecule has 3 rings (SSSR count). The number of rotatable bonds is 7. The number of ether oxygens (including phenoxy) is 1. The minimum absolute atomic E-state index is 0.106. The summed E-state index contributed by atoms with van der Waals surface area (Å²) in [7, 11) is 0. The average molecular weight is 391 g/mol. The molecule has 0 aliphatic heterocycles. The highest BCUT2D eigenvalue weighted by atomic mass is 16.6. The van der Waals surface area contributed by atoms with Crippen LogP contribution in [0.1, 0.15) is 5.56 Å².